The van der Waals surface area contributed by atoms with Crippen molar-refractivity contribution in [1.82, 2.24) is 15.0 Å². The summed E-state index contributed by atoms with van der Waals surface area (Å²) in [5, 5.41) is 3.28. The summed E-state index contributed by atoms with van der Waals surface area (Å²) in [6.07, 6.45) is -9.18. The molecule has 266 valence electrons. The highest BCUT2D eigenvalue weighted by atomic mass is 79.9. The number of carbonyl (C=O) groups excluding carboxylic acids is 1. The number of benzene rings is 4. The standard InChI is InChI=1S/C35H24BrCl2F6N3O3S/c36-26-11-5-21(6-12-26)32-29(28-14-13-27(37)16-30(28)38)15-23(17-45-33(48)22-3-9-25(10-4-22)35(42,43)44)31(47-32)18-46-51(49,50)19-20-1-7-24(8-2-20)34(39,40)41/h1-16,46H,17-19H2,(H,45,48). The van der Waals surface area contributed by atoms with E-state index >= 15 is 0 Å². The third-order valence-electron chi connectivity index (χ3n) is 7.54. The van der Waals surface area contributed by atoms with Crippen molar-refractivity contribution in [2.75, 3.05) is 0 Å². The van der Waals surface area contributed by atoms with Crippen molar-refractivity contribution in [3.63, 3.8) is 0 Å². The maximum Gasteiger partial charge on any atom is 0.416 e. The highest BCUT2D eigenvalue weighted by Crippen LogP contribution is 2.38. The Morgan fingerprint density at radius 2 is 1.33 bits per heavy atom. The van der Waals surface area contributed by atoms with E-state index in [-0.39, 0.29) is 28.4 Å². The predicted octanol–water partition coefficient (Wildman–Crippen LogP) is 10.1. The molecule has 5 aromatic rings. The van der Waals surface area contributed by atoms with Crippen molar-refractivity contribution < 1.29 is 39.6 Å². The smallest absolute Gasteiger partial charge is 0.348 e. The fourth-order valence-electron chi connectivity index (χ4n) is 4.97. The molecule has 0 aliphatic carbocycles. The molecule has 4 aromatic carbocycles. The maximum atomic E-state index is 13.1. The summed E-state index contributed by atoms with van der Waals surface area (Å²) in [4.78, 5) is 17.8. The van der Waals surface area contributed by atoms with Crippen LogP contribution in [0.1, 0.15) is 38.3 Å². The topological polar surface area (TPSA) is 88.2 Å². The quantitative estimate of drug-likeness (QED) is 0.137. The van der Waals surface area contributed by atoms with Gasteiger partial charge in [-0.25, -0.2) is 13.1 Å². The molecule has 1 heterocycles. The number of aromatic nitrogens is 1. The largest absolute Gasteiger partial charge is 0.416 e. The van der Waals surface area contributed by atoms with Crippen LogP contribution >= 0.6 is 39.1 Å². The molecule has 2 N–H and O–H groups in total. The molecule has 51 heavy (non-hydrogen) atoms. The lowest BCUT2D eigenvalue weighted by atomic mass is 9.96. The minimum atomic E-state index is -4.59. The molecule has 6 nitrogen and oxygen atoms in total. The first-order valence-electron chi connectivity index (χ1n) is 14.7. The van der Waals surface area contributed by atoms with Crippen molar-refractivity contribution >= 4 is 55.1 Å². The third kappa shape index (κ3) is 9.89. The number of hydrogen-bond acceptors (Lipinski definition) is 4. The SMILES string of the molecule is O=C(NCc1cc(-c2ccc(Cl)cc2Cl)c(-c2ccc(Br)cc2)nc1CNS(=O)(=O)Cc1ccc(C(F)(F)F)cc1)c1ccc(C(F)(F)F)cc1. The van der Waals surface area contributed by atoms with Crippen molar-refractivity contribution in [2.24, 2.45) is 0 Å². The Morgan fingerprint density at radius 1 is 0.745 bits per heavy atom. The third-order valence-corrected chi connectivity index (χ3v) is 9.92. The number of amides is 1. The predicted molar refractivity (Wildman–Crippen MR) is 186 cm³/mol. The molecule has 0 saturated heterocycles. The van der Waals surface area contributed by atoms with E-state index in [4.69, 9.17) is 28.2 Å². The molecular formula is C35H24BrCl2F6N3O3S. The molecule has 0 unspecified atom stereocenters. The molecule has 1 aromatic heterocycles. The maximum absolute atomic E-state index is 13.1. The summed E-state index contributed by atoms with van der Waals surface area (Å²) in [6.45, 7) is -0.631. The fraction of sp³-hybridized carbons (Fsp3) is 0.143. The molecule has 0 saturated carbocycles. The monoisotopic (exact) mass is 829 g/mol. The minimum absolute atomic E-state index is 0.0535. The number of alkyl halides is 6. The van der Waals surface area contributed by atoms with Crippen LogP contribution < -0.4 is 10.0 Å². The first-order chi connectivity index (χ1) is 23.9. The molecule has 0 radical (unpaired) electrons. The van der Waals surface area contributed by atoms with Gasteiger partial charge in [-0.2, -0.15) is 26.3 Å². The van der Waals surface area contributed by atoms with E-state index in [1.165, 1.54) is 6.07 Å². The van der Waals surface area contributed by atoms with Gasteiger partial charge in [-0.1, -0.05) is 69.5 Å². The van der Waals surface area contributed by atoms with Crippen LogP contribution in [0.3, 0.4) is 0 Å². The summed E-state index contributed by atoms with van der Waals surface area (Å²) in [7, 11) is -4.14. The first kappa shape index (κ1) is 38.3. The Hall–Kier alpha value is -3.95. The number of rotatable bonds is 10. The van der Waals surface area contributed by atoms with Crippen LogP contribution in [0.25, 0.3) is 22.4 Å². The Kier molecular flexibility index (Phi) is 11.5. The molecule has 0 spiro atoms. The van der Waals surface area contributed by atoms with Gasteiger partial charge in [0.05, 0.1) is 34.8 Å². The highest BCUT2D eigenvalue weighted by molar-refractivity contribution is 9.10. The lowest BCUT2D eigenvalue weighted by molar-refractivity contribution is -0.138. The van der Waals surface area contributed by atoms with Crippen LogP contribution in [0.2, 0.25) is 10.0 Å². The second kappa shape index (κ2) is 15.3. The van der Waals surface area contributed by atoms with E-state index in [0.29, 0.717) is 33.0 Å². The van der Waals surface area contributed by atoms with Gasteiger partial charge in [0, 0.05) is 43.3 Å². The van der Waals surface area contributed by atoms with E-state index in [1.54, 1.807) is 42.5 Å². The van der Waals surface area contributed by atoms with Gasteiger partial charge in [-0.15, -0.1) is 0 Å². The number of nitrogens with zero attached hydrogens (tertiary/aromatic N) is 1. The number of pyridine rings is 1. The molecule has 0 bridgehead atoms. The Morgan fingerprint density at radius 3 is 1.90 bits per heavy atom. The molecule has 0 aliphatic heterocycles. The van der Waals surface area contributed by atoms with Gasteiger partial charge in [0.2, 0.25) is 10.0 Å². The molecule has 0 fully saturated rings. The zero-order chi connectivity index (χ0) is 37.1. The lowest BCUT2D eigenvalue weighted by Crippen LogP contribution is -2.28. The Bertz CT molecular complexity index is 2160. The van der Waals surface area contributed by atoms with Crippen LogP contribution in [0.5, 0.6) is 0 Å². The van der Waals surface area contributed by atoms with Crippen LogP contribution in [0.15, 0.2) is 102 Å². The van der Waals surface area contributed by atoms with Crippen molar-refractivity contribution in [1.29, 1.82) is 0 Å². The van der Waals surface area contributed by atoms with Gasteiger partial charge in [0.15, 0.2) is 0 Å². The van der Waals surface area contributed by atoms with Crippen LogP contribution in [-0.4, -0.2) is 19.3 Å². The van der Waals surface area contributed by atoms with E-state index in [9.17, 15) is 39.6 Å². The normalized spacial score (nSPS) is 12.2. The number of halogens is 9. The zero-order valence-electron chi connectivity index (χ0n) is 25.8. The molecular weight excluding hydrogens is 807 g/mol. The van der Waals surface area contributed by atoms with Gasteiger partial charge in [-0.05, 0) is 77.9 Å². The van der Waals surface area contributed by atoms with Crippen LogP contribution in [0.4, 0.5) is 26.3 Å². The zero-order valence-corrected chi connectivity index (χ0v) is 29.8. The van der Waals surface area contributed by atoms with Crippen molar-refractivity contribution in [2.45, 2.75) is 31.2 Å². The van der Waals surface area contributed by atoms with E-state index in [0.717, 1.165) is 53.0 Å². The minimum Gasteiger partial charge on any atom is -0.348 e. The van der Waals surface area contributed by atoms with Crippen molar-refractivity contribution in [3.05, 3.63) is 145 Å². The number of nitrogens with one attached hydrogen (secondary N) is 2. The van der Waals surface area contributed by atoms with E-state index < -0.39 is 51.7 Å². The number of sulfonamides is 1. The first-order valence-corrected chi connectivity index (χ1v) is 17.9. The molecule has 1 amide bonds. The Balaban J connectivity index is 1.52. The fourth-order valence-corrected chi connectivity index (χ4v) is 6.83. The van der Waals surface area contributed by atoms with Gasteiger partial charge >= 0.3 is 12.4 Å². The van der Waals surface area contributed by atoms with Gasteiger partial charge in [0.25, 0.3) is 5.91 Å². The highest BCUT2D eigenvalue weighted by Gasteiger charge is 2.31. The average molecular weight is 831 g/mol. The summed E-state index contributed by atoms with van der Waals surface area (Å²) in [5.74, 6) is -1.34. The van der Waals surface area contributed by atoms with Gasteiger partial charge in [-0.3, -0.25) is 9.78 Å². The van der Waals surface area contributed by atoms with Crippen LogP contribution in [0, 0.1) is 0 Å². The van der Waals surface area contributed by atoms with Crippen LogP contribution in [-0.2, 0) is 41.2 Å². The second-order valence-electron chi connectivity index (χ2n) is 11.2. The van der Waals surface area contributed by atoms with E-state index in [1.807, 2.05) is 0 Å². The molecule has 5 rings (SSSR count). The van der Waals surface area contributed by atoms with Gasteiger partial charge in [0.1, 0.15) is 0 Å². The number of carbonyl (C=O) groups is 1. The van der Waals surface area contributed by atoms with Gasteiger partial charge < -0.3 is 5.32 Å². The summed E-state index contributed by atoms with van der Waals surface area (Å²) >= 11 is 16.2. The summed E-state index contributed by atoms with van der Waals surface area (Å²) < 4.78 is 108. The Labute approximate surface area is 307 Å². The summed E-state index contributed by atoms with van der Waals surface area (Å²) in [6, 6.07) is 20.9. The van der Waals surface area contributed by atoms with Crippen molar-refractivity contribution in [3.8, 4) is 22.4 Å². The molecule has 16 heteroatoms. The average Bonchev–Trinajstić information content (AvgIpc) is 3.06. The second-order valence-corrected chi connectivity index (χ2v) is 14.7. The van der Waals surface area contributed by atoms with E-state index in [2.05, 4.69) is 26.0 Å². The molecule has 0 atom stereocenters. The lowest BCUT2D eigenvalue weighted by Gasteiger charge is -2.18. The number of hydrogen-bond donors (Lipinski definition) is 2. The molecule has 0 aliphatic rings. The summed E-state index contributed by atoms with van der Waals surface area (Å²) in [5.41, 5.74) is 0.713.